The van der Waals surface area contributed by atoms with E-state index in [1.54, 1.807) is 0 Å². The Morgan fingerprint density at radius 2 is 0.292 bits per heavy atom. The maximum absolute atomic E-state index is 7.56. The monoisotopic (exact) mass is 1460 g/mol. The van der Waals surface area contributed by atoms with Gasteiger partial charge in [0.05, 0.1) is 0 Å². The Balaban J connectivity index is 1.22. The molecule has 0 N–H and O–H groups in total. The largest absolute Gasteiger partial charge is 0.231 e. The summed E-state index contributed by atoms with van der Waals surface area (Å²) in [5, 5.41) is 0. The van der Waals surface area contributed by atoms with Crippen LogP contribution in [-0.4, -0.2) is 32.5 Å². The van der Waals surface area contributed by atoms with Crippen molar-refractivity contribution in [2.24, 2.45) is 18.1 Å². The first-order chi connectivity index (χ1) is 52.4. The molecule has 0 saturated carbocycles. The van der Waals surface area contributed by atoms with E-state index in [4.69, 9.17) is 18.1 Å². The lowest BCUT2D eigenvalue weighted by atomic mass is 10.2. The molecule has 11 nitrogen and oxygen atoms in total. The molecule has 106 heavy (non-hydrogen) atoms. The molecule has 2 heterocycles. The highest BCUT2D eigenvalue weighted by Gasteiger charge is 2.61. The lowest BCUT2D eigenvalue weighted by Gasteiger charge is -2.59. The Bertz CT molecular complexity index is 4370. The summed E-state index contributed by atoms with van der Waals surface area (Å²) < 4.78 is 49.6. The van der Waals surface area contributed by atoms with E-state index in [9.17, 15) is 0 Å². The van der Waals surface area contributed by atoms with Gasteiger partial charge in [0.1, 0.15) is 0 Å². The average Bonchev–Trinajstić information content (AvgIpc) is 0.666. The van der Waals surface area contributed by atoms with E-state index in [1.807, 2.05) is 0 Å². The molecule has 13 aromatic rings. The van der Waals surface area contributed by atoms with Crippen LogP contribution in [0.3, 0.4) is 0 Å². The van der Waals surface area contributed by atoms with Crippen LogP contribution in [0.15, 0.2) is 412 Å². The molecule has 0 aliphatic carbocycles. The molecule has 2 atom stereocenters. The number of hydrogen-bond donors (Lipinski definition) is 0. The van der Waals surface area contributed by atoms with Gasteiger partial charge in [-0.3, -0.25) is 0 Å². The first-order valence-corrected chi connectivity index (χ1v) is 43.1. The SMILES string of the molecule is c1ccc(CN(Cc2ccccc2)P2(N(Cc3ccccc3)Cc3ccccc3)=NP3(N(Cc4ccccc4)Cc4ccccc4)=NP(N(Cc4ccccc4)Cc4ccccc4)(N(Cc4ccccc4)Cc4ccccc4)=NP(N(Cc4ccccc4)Cc4ccccc4)(=N2)N3Cc2ccccc2)cc1. The van der Waals surface area contributed by atoms with Crippen LogP contribution in [-0.2, 0) is 85.1 Å². The Labute approximate surface area is 628 Å². The zero-order valence-electron chi connectivity index (χ0n) is 59.9. The summed E-state index contributed by atoms with van der Waals surface area (Å²) >= 11 is 0. The fourth-order valence-electron chi connectivity index (χ4n) is 14.3. The van der Waals surface area contributed by atoms with E-state index in [2.05, 4.69) is 427 Å². The lowest BCUT2D eigenvalue weighted by molar-refractivity contribution is 0.343. The second-order valence-corrected chi connectivity index (χ2v) is 39.1. The van der Waals surface area contributed by atoms with Gasteiger partial charge in [0.2, 0.25) is 30.0 Å². The highest BCUT2D eigenvalue weighted by atomic mass is 31.3. The maximum atomic E-state index is 7.56. The molecule has 530 valence electrons. The highest BCUT2D eigenvalue weighted by Crippen LogP contribution is 2.94. The Hall–Kier alpha value is -9.50. The summed E-state index contributed by atoms with van der Waals surface area (Å²) in [5.41, 5.74) is 15.1. The molecule has 15 rings (SSSR count). The van der Waals surface area contributed by atoms with Crippen LogP contribution in [0.5, 0.6) is 0 Å². The second-order valence-electron chi connectivity index (χ2n) is 27.3. The quantitative estimate of drug-likeness (QED) is 0.0389. The van der Waals surface area contributed by atoms with E-state index in [1.165, 1.54) is 44.5 Å². The molecule has 2 bridgehead atoms. The molecular weight excluding hydrogens is 1370 g/mol. The van der Waals surface area contributed by atoms with Crippen molar-refractivity contribution in [3.05, 3.63) is 467 Å². The Kier molecular flexibility index (Phi) is 23.7. The first-order valence-electron chi connectivity index (χ1n) is 36.7. The molecule has 0 amide bonds. The first kappa shape index (κ1) is 72.1. The van der Waals surface area contributed by atoms with Crippen molar-refractivity contribution in [1.29, 1.82) is 0 Å². The number of hydrogen-bond acceptors (Lipinski definition) is 11. The molecule has 0 spiro atoms. The van der Waals surface area contributed by atoms with Crippen molar-refractivity contribution in [2.75, 3.05) is 0 Å². The third-order valence-corrected chi connectivity index (χ3v) is 36.4. The normalized spacial score (nSPS) is 16.7. The molecule has 0 radical (unpaired) electrons. The van der Waals surface area contributed by atoms with Crippen LogP contribution in [0.4, 0.5) is 0 Å². The number of nitrogens with zero attached hydrogens (tertiary/aromatic N) is 11. The van der Waals surface area contributed by atoms with Crippen LogP contribution in [0.2, 0.25) is 0 Å². The average molecular weight is 1460 g/mol. The summed E-state index contributed by atoms with van der Waals surface area (Å²) in [4.78, 5) is 0. The third kappa shape index (κ3) is 17.3. The molecule has 2 aliphatic rings. The predicted molar refractivity (Wildman–Crippen MR) is 442 cm³/mol. The van der Waals surface area contributed by atoms with Gasteiger partial charge >= 0.3 is 0 Å². The molecule has 2 aliphatic heterocycles. The Morgan fingerprint density at radius 3 is 0.443 bits per heavy atom. The summed E-state index contributed by atoms with van der Waals surface area (Å²) in [6.45, 7) is 6.61. The van der Waals surface area contributed by atoms with Crippen molar-refractivity contribution in [3.63, 3.8) is 0 Å². The van der Waals surface area contributed by atoms with Crippen LogP contribution >= 0.6 is 30.0 Å². The van der Waals surface area contributed by atoms with Gasteiger partial charge in [0.25, 0.3) is 0 Å². The van der Waals surface area contributed by atoms with E-state index >= 15 is 0 Å². The molecule has 0 fully saturated rings. The van der Waals surface area contributed by atoms with Crippen molar-refractivity contribution in [2.45, 2.75) is 85.1 Å². The molecule has 0 saturated heterocycles. The van der Waals surface area contributed by atoms with Crippen LogP contribution in [0, 0.1) is 0 Å². The van der Waals surface area contributed by atoms with Crippen LogP contribution in [0.1, 0.15) is 72.3 Å². The van der Waals surface area contributed by atoms with Gasteiger partial charge in [-0.15, -0.1) is 0 Å². The van der Waals surface area contributed by atoms with Gasteiger partial charge in [0, 0.05) is 85.1 Å². The van der Waals surface area contributed by atoms with E-state index in [0.717, 1.165) is 27.8 Å². The number of fused-ring (bicyclic) bond motifs is 2. The van der Waals surface area contributed by atoms with E-state index < -0.39 is 30.0 Å². The predicted octanol–water partition coefficient (Wildman–Crippen LogP) is 24.5. The van der Waals surface area contributed by atoms with Gasteiger partial charge in [0.15, 0.2) is 0 Å². The van der Waals surface area contributed by atoms with Gasteiger partial charge in [-0.25, -0.2) is 28.0 Å². The highest BCUT2D eigenvalue weighted by molar-refractivity contribution is 7.91. The summed E-state index contributed by atoms with van der Waals surface area (Å²) in [6, 6.07) is 145. The zero-order valence-corrected chi connectivity index (χ0v) is 63.5. The van der Waals surface area contributed by atoms with E-state index in [-0.39, 0.29) is 0 Å². The fraction of sp³-hybridized carbons (Fsp3) is 0.143. The molecule has 2 unspecified atom stereocenters. The van der Waals surface area contributed by atoms with Gasteiger partial charge < -0.3 is 0 Å². The summed E-state index contributed by atoms with van der Waals surface area (Å²) in [7, 11) is -15.7. The van der Waals surface area contributed by atoms with Crippen molar-refractivity contribution < 1.29 is 0 Å². The van der Waals surface area contributed by atoms with Crippen LogP contribution < -0.4 is 0 Å². The summed E-state index contributed by atoms with van der Waals surface area (Å²) in [6.07, 6.45) is 0. The number of rotatable bonds is 32. The lowest BCUT2D eigenvalue weighted by Crippen LogP contribution is -2.41. The number of benzene rings is 13. The molecule has 0 aromatic heterocycles. The van der Waals surface area contributed by atoms with Crippen molar-refractivity contribution in [3.8, 4) is 0 Å². The van der Waals surface area contributed by atoms with Gasteiger partial charge in [-0.1, -0.05) is 394 Å². The van der Waals surface area contributed by atoms with Crippen molar-refractivity contribution in [1.82, 2.24) is 32.5 Å². The smallest absolute Gasteiger partial charge is 0.229 e. The third-order valence-electron chi connectivity index (χ3n) is 19.5. The minimum Gasteiger partial charge on any atom is -0.231 e. The second kappa shape index (κ2) is 34.8. The maximum Gasteiger partial charge on any atom is 0.229 e. The fourth-order valence-corrected chi connectivity index (χ4v) is 37.7. The van der Waals surface area contributed by atoms with Gasteiger partial charge in [-0.05, 0) is 72.3 Å². The zero-order chi connectivity index (χ0) is 71.5. The minimum atomic E-state index is -4.01. The van der Waals surface area contributed by atoms with E-state index in [0.29, 0.717) is 85.1 Å². The topological polar surface area (TPSA) is 72.1 Å². The Morgan fingerprint density at radius 1 is 0.160 bits per heavy atom. The minimum absolute atomic E-state index is 0.437. The van der Waals surface area contributed by atoms with Crippen LogP contribution in [0.25, 0.3) is 0 Å². The van der Waals surface area contributed by atoms with Crippen molar-refractivity contribution >= 4 is 30.0 Å². The summed E-state index contributed by atoms with van der Waals surface area (Å²) in [5.74, 6) is 0. The van der Waals surface area contributed by atoms with Gasteiger partial charge in [-0.2, -0.15) is 22.5 Å². The molecular formula is C91H91N11P4. The molecule has 13 aromatic carbocycles. The molecule has 15 heteroatoms. The standard InChI is InChI=1S/C91H91N11P4/c1-14-40-79(41-15-1)66-96(67-80-42-16-2-17-43-80)103(97(68-81-44-18-3-19-45-81)69-82-46-20-4-21-47-82)92-105(100(74-87-56-30-9-31-57-87)75-88-58-32-10-33-59-88)94-104(98(70-83-48-22-5-23-49-83)71-84-50-24-6-25-51-84,99(72-85-52-26-7-27-53-85)73-86-54-28-8-29-55-86)95-106(93-103,102(105)78-91-64-38-13-39-65-91)101(76-89-60-34-11-35-61-89)77-90-62-36-12-37-63-90/h1-65H,66-78H2.